The molecule has 0 bridgehead atoms. The highest BCUT2D eigenvalue weighted by atomic mass is 16.5. The van der Waals surface area contributed by atoms with Crippen molar-refractivity contribution in [3.63, 3.8) is 0 Å². The average molecular weight is 215 g/mol. The molecule has 1 rings (SSSR count). The van der Waals surface area contributed by atoms with Gasteiger partial charge in [-0.1, -0.05) is 6.92 Å². The molecule has 15 heavy (non-hydrogen) atoms. The van der Waals surface area contributed by atoms with Crippen LogP contribution in [0.4, 0.5) is 0 Å². The molecule has 0 atom stereocenters. The number of nitrogens with one attached hydrogen (secondary N) is 2. The molecule has 0 saturated carbocycles. The first-order valence-corrected chi connectivity index (χ1v) is 6.07. The summed E-state index contributed by atoms with van der Waals surface area (Å²) in [5, 5.41) is 14.3. The number of quaternary nitrogens is 1. The first-order valence-electron chi connectivity index (χ1n) is 6.07. The Labute approximate surface area is 93.8 Å². The van der Waals surface area contributed by atoms with E-state index in [-0.39, 0.29) is 11.1 Å². The molecule has 1 aliphatic heterocycles. The van der Waals surface area contributed by atoms with E-state index in [1.54, 1.807) is 0 Å². The zero-order valence-electron chi connectivity index (χ0n) is 10.9. The molecule has 1 saturated heterocycles. The molecule has 3 N–H and O–H groups in total. The maximum absolute atomic E-state index is 10.2. The van der Waals surface area contributed by atoms with Crippen LogP contribution in [0.2, 0.25) is 0 Å². The SMILES string of the molecule is CCNCC1CC(C)(C)[NH+](O)C(C)(C)C1. The van der Waals surface area contributed by atoms with Gasteiger partial charge in [0.15, 0.2) is 0 Å². The Hall–Kier alpha value is -0.120. The van der Waals surface area contributed by atoms with Crippen molar-refractivity contribution >= 4 is 0 Å². The fourth-order valence-corrected chi connectivity index (χ4v) is 3.12. The van der Waals surface area contributed by atoms with E-state index in [0.717, 1.165) is 25.9 Å². The number of hydrogen-bond acceptors (Lipinski definition) is 2. The van der Waals surface area contributed by atoms with E-state index < -0.39 is 0 Å². The van der Waals surface area contributed by atoms with E-state index >= 15 is 0 Å². The smallest absolute Gasteiger partial charge is 0.122 e. The minimum atomic E-state index is -0.0260. The van der Waals surface area contributed by atoms with Crippen LogP contribution in [0.1, 0.15) is 47.5 Å². The van der Waals surface area contributed by atoms with Crippen LogP contribution >= 0.6 is 0 Å². The Morgan fingerprint density at radius 1 is 1.20 bits per heavy atom. The molecule has 0 amide bonds. The van der Waals surface area contributed by atoms with E-state index in [4.69, 9.17) is 0 Å². The predicted octanol–water partition coefficient (Wildman–Crippen LogP) is 0.837. The van der Waals surface area contributed by atoms with Crippen LogP contribution < -0.4 is 10.4 Å². The molecule has 0 unspecified atom stereocenters. The third-order valence-electron chi connectivity index (χ3n) is 3.56. The molecule has 0 aliphatic carbocycles. The molecule has 3 nitrogen and oxygen atoms in total. The van der Waals surface area contributed by atoms with Crippen molar-refractivity contribution in [1.29, 1.82) is 0 Å². The van der Waals surface area contributed by atoms with E-state index in [0.29, 0.717) is 11.0 Å². The lowest BCUT2D eigenvalue weighted by Gasteiger charge is -2.47. The van der Waals surface area contributed by atoms with E-state index in [1.165, 1.54) is 0 Å². The normalized spacial score (nSPS) is 34.0. The van der Waals surface area contributed by atoms with Crippen molar-refractivity contribution in [3.05, 3.63) is 0 Å². The van der Waals surface area contributed by atoms with Gasteiger partial charge in [-0.15, -0.1) is 0 Å². The number of rotatable bonds is 3. The van der Waals surface area contributed by atoms with Gasteiger partial charge in [-0.25, -0.2) is 5.21 Å². The van der Waals surface area contributed by atoms with Gasteiger partial charge in [0.05, 0.1) is 0 Å². The first-order chi connectivity index (χ1) is 6.79. The quantitative estimate of drug-likeness (QED) is 0.652. The van der Waals surface area contributed by atoms with Crippen LogP contribution in [-0.4, -0.2) is 29.4 Å². The summed E-state index contributed by atoms with van der Waals surface area (Å²) in [4.78, 5) is 0. The number of piperidine rings is 1. The third-order valence-corrected chi connectivity index (χ3v) is 3.56. The van der Waals surface area contributed by atoms with Crippen LogP contribution in [0.15, 0.2) is 0 Å². The van der Waals surface area contributed by atoms with Gasteiger partial charge >= 0.3 is 0 Å². The monoisotopic (exact) mass is 215 g/mol. The highest BCUT2D eigenvalue weighted by Crippen LogP contribution is 2.27. The van der Waals surface area contributed by atoms with Crippen molar-refractivity contribution in [2.45, 2.75) is 58.5 Å². The van der Waals surface area contributed by atoms with Crippen molar-refractivity contribution in [3.8, 4) is 0 Å². The van der Waals surface area contributed by atoms with E-state index in [2.05, 4.69) is 39.9 Å². The van der Waals surface area contributed by atoms with Crippen LogP contribution in [0.25, 0.3) is 0 Å². The van der Waals surface area contributed by atoms with Crippen molar-refractivity contribution in [2.24, 2.45) is 5.92 Å². The topological polar surface area (TPSA) is 36.7 Å². The molecular weight excluding hydrogens is 188 g/mol. The summed E-state index contributed by atoms with van der Waals surface area (Å²) in [6, 6.07) is 0. The molecule has 1 fully saturated rings. The van der Waals surface area contributed by atoms with Gasteiger partial charge in [-0.2, -0.15) is 5.06 Å². The van der Waals surface area contributed by atoms with E-state index in [9.17, 15) is 5.21 Å². The standard InChI is InChI=1S/C12H26N2O/c1-6-13-9-10-7-11(2,3)14(15)12(4,5)8-10/h10,13,15H,6-9H2,1-5H3/p+1. The molecular formula is C12H27N2O+. The van der Waals surface area contributed by atoms with Crippen molar-refractivity contribution < 1.29 is 10.3 Å². The van der Waals surface area contributed by atoms with Crippen LogP contribution in [0.3, 0.4) is 0 Å². The van der Waals surface area contributed by atoms with Gasteiger partial charge in [-0.05, 0) is 46.7 Å². The Bertz CT molecular complexity index is 196. The number of hydrogen-bond donors (Lipinski definition) is 3. The molecule has 0 aromatic rings. The van der Waals surface area contributed by atoms with Gasteiger partial charge in [-0.3, -0.25) is 0 Å². The Kier molecular flexibility index (Phi) is 3.80. The average Bonchev–Trinajstić information content (AvgIpc) is 2.10. The fourth-order valence-electron chi connectivity index (χ4n) is 3.12. The largest absolute Gasteiger partial charge is 0.317 e. The Morgan fingerprint density at radius 2 is 1.67 bits per heavy atom. The lowest BCUT2D eigenvalue weighted by atomic mass is 9.75. The second-order valence-electron chi connectivity index (χ2n) is 6.20. The maximum atomic E-state index is 10.2. The molecule has 1 heterocycles. The summed E-state index contributed by atoms with van der Waals surface area (Å²) in [5.74, 6) is 0.686. The number of hydroxylamine groups is 2. The third kappa shape index (κ3) is 2.92. The molecule has 0 spiro atoms. The minimum Gasteiger partial charge on any atom is -0.317 e. The summed E-state index contributed by atoms with van der Waals surface area (Å²) in [7, 11) is 0. The molecule has 0 aromatic heterocycles. The molecule has 3 heteroatoms. The minimum absolute atomic E-state index is 0.0260. The zero-order valence-corrected chi connectivity index (χ0v) is 10.9. The van der Waals surface area contributed by atoms with Crippen molar-refractivity contribution in [1.82, 2.24) is 5.32 Å². The first kappa shape index (κ1) is 12.9. The van der Waals surface area contributed by atoms with Gasteiger partial charge in [0.1, 0.15) is 11.1 Å². The Morgan fingerprint density at radius 3 is 2.07 bits per heavy atom. The molecule has 0 radical (unpaired) electrons. The van der Waals surface area contributed by atoms with E-state index in [1.807, 2.05) is 0 Å². The highest BCUT2D eigenvalue weighted by Gasteiger charge is 2.49. The summed E-state index contributed by atoms with van der Waals surface area (Å²) >= 11 is 0. The predicted molar refractivity (Wildman–Crippen MR) is 62.2 cm³/mol. The lowest BCUT2D eigenvalue weighted by Crippen LogP contribution is -3.25. The molecule has 90 valence electrons. The molecule has 1 aliphatic rings. The molecule has 0 aromatic carbocycles. The van der Waals surface area contributed by atoms with Gasteiger partial charge in [0.25, 0.3) is 0 Å². The van der Waals surface area contributed by atoms with Crippen molar-refractivity contribution in [2.75, 3.05) is 13.1 Å². The van der Waals surface area contributed by atoms with Gasteiger partial charge in [0, 0.05) is 12.8 Å². The second-order valence-corrected chi connectivity index (χ2v) is 6.20. The summed E-state index contributed by atoms with van der Waals surface area (Å²) in [5.41, 5.74) is -0.0519. The summed E-state index contributed by atoms with van der Waals surface area (Å²) in [6.45, 7) is 12.9. The van der Waals surface area contributed by atoms with Gasteiger partial charge < -0.3 is 5.32 Å². The summed E-state index contributed by atoms with van der Waals surface area (Å²) in [6.07, 6.45) is 2.19. The zero-order chi connectivity index (χ0) is 11.7. The second kappa shape index (κ2) is 4.40. The highest BCUT2D eigenvalue weighted by molar-refractivity contribution is 4.85. The van der Waals surface area contributed by atoms with Crippen LogP contribution in [0, 0.1) is 5.92 Å². The lowest BCUT2D eigenvalue weighted by molar-refractivity contribution is -1.16. The fraction of sp³-hybridized carbons (Fsp3) is 1.00. The maximum Gasteiger partial charge on any atom is 0.122 e. The van der Waals surface area contributed by atoms with Crippen LogP contribution in [-0.2, 0) is 0 Å². The Balaban J connectivity index is 2.66. The van der Waals surface area contributed by atoms with Crippen LogP contribution in [0.5, 0.6) is 0 Å². The summed E-state index contributed by atoms with van der Waals surface area (Å²) < 4.78 is 0. The van der Waals surface area contributed by atoms with Gasteiger partial charge in [0.2, 0.25) is 0 Å².